The first-order valence-corrected chi connectivity index (χ1v) is 11.1. The number of hydrogen-bond donors (Lipinski definition) is 1. The zero-order valence-electron chi connectivity index (χ0n) is 16.4. The molecule has 3 aromatic rings. The number of ether oxygens (including phenoxy) is 1. The number of hydrogen-bond acceptors (Lipinski definition) is 4. The molecule has 0 bridgehead atoms. The largest absolute Gasteiger partial charge is 0.489 e. The van der Waals surface area contributed by atoms with Gasteiger partial charge < -0.3 is 10.1 Å². The van der Waals surface area contributed by atoms with E-state index in [1.165, 1.54) is 37.0 Å². The first kappa shape index (κ1) is 19.6. The topological polar surface area (TPSA) is 51.2 Å². The lowest BCUT2D eigenvalue weighted by Gasteiger charge is -2.20. The molecular formula is C24H26N2O2S. The number of carbonyl (C=O) groups excluding carboxylic acids is 1. The molecule has 0 spiro atoms. The Bertz CT molecular complexity index is 888. The lowest BCUT2D eigenvalue weighted by atomic mass is 9.87. The number of nitrogens with zero attached hydrogens (tertiary/aromatic N) is 1. The van der Waals surface area contributed by atoms with Gasteiger partial charge >= 0.3 is 0 Å². The highest BCUT2D eigenvalue weighted by atomic mass is 32.1. The van der Waals surface area contributed by atoms with Gasteiger partial charge in [0.15, 0.2) is 5.13 Å². The van der Waals surface area contributed by atoms with Crippen LogP contribution in [0.3, 0.4) is 0 Å². The molecule has 4 rings (SSSR count). The summed E-state index contributed by atoms with van der Waals surface area (Å²) in [6.45, 7) is 0.538. The molecule has 1 aromatic heterocycles. The van der Waals surface area contributed by atoms with Crippen molar-refractivity contribution >= 4 is 22.4 Å². The van der Waals surface area contributed by atoms with Gasteiger partial charge in [0.1, 0.15) is 12.4 Å². The number of amides is 1. The summed E-state index contributed by atoms with van der Waals surface area (Å²) in [7, 11) is 0. The van der Waals surface area contributed by atoms with Crippen LogP contribution in [0.1, 0.15) is 49.1 Å². The summed E-state index contributed by atoms with van der Waals surface area (Å²) >= 11 is 1.45. The maximum Gasteiger partial charge on any atom is 0.233 e. The molecule has 1 saturated carbocycles. The monoisotopic (exact) mass is 406 g/mol. The highest BCUT2D eigenvalue weighted by Crippen LogP contribution is 2.35. The predicted octanol–water partition coefficient (Wildman–Crippen LogP) is 6.02. The van der Waals surface area contributed by atoms with E-state index >= 15 is 0 Å². The summed E-state index contributed by atoms with van der Waals surface area (Å²) in [4.78, 5) is 17.2. The van der Waals surface area contributed by atoms with Crippen molar-refractivity contribution in [3.05, 3.63) is 77.3 Å². The van der Waals surface area contributed by atoms with E-state index < -0.39 is 0 Å². The maximum atomic E-state index is 13.0. The van der Waals surface area contributed by atoms with Crippen LogP contribution in [0.5, 0.6) is 5.75 Å². The van der Waals surface area contributed by atoms with Gasteiger partial charge in [-0.2, -0.15) is 0 Å². The summed E-state index contributed by atoms with van der Waals surface area (Å²) in [6.07, 6.45) is 7.60. The van der Waals surface area contributed by atoms with E-state index in [4.69, 9.17) is 4.74 Å². The minimum absolute atomic E-state index is 0.0322. The number of nitrogens with one attached hydrogen (secondary N) is 1. The van der Waals surface area contributed by atoms with Gasteiger partial charge in [-0.15, -0.1) is 11.3 Å². The average molecular weight is 407 g/mol. The molecule has 150 valence electrons. The summed E-state index contributed by atoms with van der Waals surface area (Å²) in [5, 5.41) is 5.53. The Labute approximate surface area is 176 Å². The number of carbonyl (C=O) groups is 1. The summed E-state index contributed by atoms with van der Waals surface area (Å²) in [5.41, 5.74) is 2.18. The van der Waals surface area contributed by atoms with E-state index in [1.54, 1.807) is 6.20 Å². The van der Waals surface area contributed by atoms with Crippen molar-refractivity contribution in [2.45, 2.75) is 44.6 Å². The Morgan fingerprint density at radius 1 is 1.10 bits per heavy atom. The van der Waals surface area contributed by atoms with Gasteiger partial charge in [-0.05, 0) is 35.6 Å². The highest BCUT2D eigenvalue weighted by molar-refractivity contribution is 7.13. The second-order valence-electron chi connectivity index (χ2n) is 7.61. The SMILES string of the molecule is O=C(Nc1nccs1)C(CC1CCCC1)c1ccc(OCc2ccccc2)cc1. The van der Waals surface area contributed by atoms with E-state index in [0.717, 1.165) is 23.3 Å². The third-order valence-electron chi connectivity index (χ3n) is 5.55. The summed E-state index contributed by atoms with van der Waals surface area (Å²) in [5.74, 6) is 1.31. The zero-order chi connectivity index (χ0) is 19.9. The number of rotatable bonds is 8. The number of aromatic nitrogens is 1. The van der Waals surface area contributed by atoms with Crippen LogP contribution in [0.4, 0.5) is 5.13 Å². The molecule has 0 radical (unpaired) electrons. The van der Waals surface area contributed by atoms with Crippen LogP contribution < -0.4 is 10.1 Å². The van der Waals surface area contributed by atoms with Crippen LogP contribution in [-0.2, 0) is 11.4 Å². The Morgan fingerprint density at radius 3 is 2.55 bits per heavy atom. The van der Waals surface area contributed by atoms with E-state index in [0.29, 0.717) is 17.7 Å². The molecule has 1 heterocycles. The lowest BCUT2D eigenvalue weighted by molar-refractivity contribution is -0.118. The average Bonchev–Trinajstić information content (AvgIpc) is 3.46. The molecule has 1 aliphatic rings. The van der Waals surface area contributed by atoms with Crippen molar-refractivity contribution < 1.29 is 9.53 Å². The molecule has 1 aliphatic carbocycles. The fourth-order valence-corrected chi connectivity index (χ4v) is 4.52. The molecule has 29 heavy (non-hydrogen) atoms. The first-order chi connectivity index (χ1) is 14.3. The second-order valence-corrected chi connectivity index (χ2v) is 8.50. The first-order valence-electron chi connectivity index (χ1n) is 10.2. The van der Waals surface area contributed by atoms with Crippen molar-refractivity contribution in [2.24, 2.45) is 5.92 Å². The smallest absolute Gasteiger partial charge is 0.233 e. The van der Waals surface area contributed by atoms with Crippen molar-refractivity contribution in [3.8, 4) is 5.75 Å². The van der Waals surface area contributed by atoms with Crippen LogP contribution in [0, 0.1) is 5.92 Å². The summed E-state index contributed by atoms with van der Waals surface area (Å²) < 4.78 is 5.90. The third-order valence-corrected chi connectivity index (χ3v) is 6.24. The van der Waals surface area contributed by atoms with Gasteiger partial charge in [0, 0.05) is 11.6 Å². The second kappa shape index (κ2) is 9.70. The number of anilines is 1. The van der Waals surface area contributed by atoms with Gasteiger partial charge in [0.25, 0.3) is 0 Å². The van der Waals surface area contributed by atoms with Crippen molar-refractivity contribution in [3.63, 3.8) is 0 Å². The zero-order valence-corrected chi connectivity index (χ0v) is 17.2. The molecule has 5 heteroatoms. The van der Waals surface area contributed by atoms with E-state index in [2.05, 4.69) is 22.4 Å². The van der Waals surface area contributed by atoms with Crippen molar-refractivity contribution in [1.82, 2.24) is 4.98 Å². The van der Waals surface area contributed by atoms with Crippen LogP contribution in [0.25, 0.3) is 0 Å². The summed E-state index contributed by atoms with van der Waals surface area (Å²) in [6, 6.07) is 18.1. The molecular weight excluding hydrogens is 380 g/mol. The van der Waals surface area contributed by atoms with Crippen LogP contribution in [0.15, 0.2) is 66.2 Å². The van der Waals surface area contributed by atoms with Gasteiger partial charge in [-0.1, -0.05) is 68.1 Å². The van der Waals surface area contributed by atoms with E-state index in [-0.39, 0.29) is 11.8 Å². The van der Waals surface area contributed by atoms with Crippen LogP contribution >= 0.6 is 11.3 Å². The number of thiazole rings is 1. The van der Waals surface area contributed by atoms with Gasteiger partial charge in [0.05, 0.1) is 5.92 Å². The molecule has 2 aromatic carbocycles. The molecule has 1 unspecified atom stereocenters. The van der Waals surface area contributed by atoms with Crippen LogP contribution in [-0.4, -0.2) is 10.9 Å². The molecule has 0 aliphatic heterocycles. The Hall–Kier alpha value is -2.66. The fraction of sp³-hybridized carbons (Fsp3) is 0.333. The maximum absolute atomic E-state index is 13.0. The van der Waals surface area contributed by atoms with Crippen molar-refractivity contribution in [1.29, 1.82) is 0 Å². The van der Waals surface area contributed by atoms with Gasteiger partial charge in [-0.3, -0.25) is 4.79 Å². The predicted molar refractivity (Wildman–Crippen MR) is 117 cm³/mol. The van der Waals surface area contributed by atoms with Gasteiger partial charge in [0.2, 0.25) is 5.91 Å². The Balaban J connectivity index is 1.44. The number of benzene rings is 2. The standard InChI is InChI=1S/C24H26N2O2S/c27-23(26-24-25-14-15-29-24)22(16-18-6-4-5-7-18)20-10-12-21(13-11-20)28-17-19-8-2-1-3-9-19/h1-3,8-15,18,22H,4-7,16-17H2,(H,25,26,27). The van der Waals surface area contributed by atoms with Crippen LogP contribution in [0.2, 0.25) is 0 Å². The van der Waals surface area contributed by atoms with E-state index in [1.807, 2.05) is 47.8 Å². The third kappa shape index (κ3) is 5.45. The highest BCUT2D eigenvalue weighted by Gasteiger charge is 2.27. The Morgan fingerprint density at radius 2 is 1.86 bits per heavy atom. The molecule has 0 saturated heterocycles. The molecule has 4 nitrogen and oxygen atoms in total. The molecule has 1 atom stereocenters. The molecule has 1 amide bonds. The lowest BCUT2D eigenvalue weighted by Crippen LogP contribution is -2.23. The van der Waals surface area contributed by atoms with Crippen molar-refractivity contribution in [2.75, 3.05) is 5.32 Å². The minimum Gasteiger partial charge on any atom is -0.489 e. The quantitative estimate of drug-likeness (QED) is 0.497. The minimum atomic E-state index is -0.162. The van der Waals surface area contributed by atoms with E-state index in [9.17, 15) is 4.79 Å². The Kier molecular flexibility index (Phi) is 6.57. The molecule has 1 N–H and O–H groups in total. The normalized spacial score (nSPS) is 15.2. The van der Waals surface area contributed by atoms with Gasteiger partial charge in [-0.25, -0.2) is 4.98 Å². The molecule has 1 fully saturated rings. The fourth-order valence-electron chi connectivity index (χ4n) is 3.99.